The van der Waals surface area contributed by atoms with E-state index in [1.54, 1.807) is 6.07 Å². The molecule has 1 amide bonds. The standard InChI is InChI=1S/C32H51N3O4Si/c1-31(2,3)40(6,7)39-29(25-13-14-28(37)27(20-25)23-36)22-34-32(4,5)21-24-11-10-12-26(19-24)30(38)33-15-18-35-16-8-9-17-35/h10-14,19-20,29,34,36-37H,8-9,15-18,21-23H2,1-7H3,(H,33,38)/t29-/m1/s1. The van der Waals surface area contributed by atoms with E-state index in [1.165, 1.54) is 12.8 Å². The number of amides is 1. The van der Waals surface area contributed by atoms with Crippen molar-refractivity contribution in [3.05, 3.63) is 64.7 Å². The zero-order valence-electron chi connectivity index (χ0n) is 25.6. The summed E-state index contributed by atoms with van der Waals surface area (Å²) in [6.07, 6.45) is 3.01. The number of phenols is 1. The molecule has 0 spiro atoms. The third-order valence-electron chi connectivity index (χ3n) is 8.40. The van der Waals surface area contributed by atoms with E-state index in [0.717, 1.165) is 37.2 Å². The minimum absolute atomic E-state index is 0.0262. The van der Waals surface area contributed by atoms with Gasteiger partial charge in [0.1, 0.15) is 5.75 Å². The van der Waals surface area contributed by atoms with Gasteiger partial charge in [-0.3, -0.25) is 4.79 Å². The Morgan fingerprint density at radius 2 is 1.77 bits per heavy atom. The molecule has 1 fully saturated rings. The third kappa shape index (κ3) is 9.14. The Morgan fingerprint density at radius 1 is 1.07 bits per heavy atom. The van der Waals surface area contributed by atoms with E-state index in [-0.39, 0.29) is 34.9 Å². The molecule has 7 nitrogen and oxygen atoms in total. The molecular weight excluding hydrogens is 518 g/mol. The highest BCUT2D eigenvalue weighted by molar-refractivity contribution is 6.74. The summed E-state index contributed by atoms with van der Waals surface area (Å²) in [5.41, 5.74) is 2.95. The summed E-state index contributed by atoms with van der Waals surface area (Å²) in [6, 6.07) is 13.3. The number of carbonyl (C=O) groups excluding carboxylic acids is 1. The molecular formula is C32H51N3O4Si. The van der Waals surface area contributed by atoms with Gasteiger partial charge >= 0.3 is 0 Å². The van der Waals surface area contributed by atoms with Gasteiger partial charge in [0.05, 0.1) is 12.7 Å². The number of hydrogen-bond donors (Lipinski definition) is 4. The van der Waals surface area contributed by atoms with Crippen LogP contribution in [0.5, 0.6) is 5.75 Å². The van der Waals surface area contributed by atoms with Crippen LogP contribution < -0.4 is 10.6 Å². The Balaban J connectivity index is 1.68. The van der Waals surface area contributed by atoms with Crippen LogP contribution in [-0.4, -0.2) is 67.6 Å². The van der Waals surface area contributed by atoms with Crippen molar-refractivity contribution in [1.82, 2.24) is 15.5 Å². The molecule has 1 atom stereocenters. The van der Waals surface area contributed by atoms with Crippen molar-refractivity contribution in [3.8, 4) is 5.75 Å². The smallest absolute Gasteiger partial charge is 0.251 e. The van der Waals surface area contributed by atoms with Crippen molar-refractivity contribution in [2.24, 2.45) is 0 Å². The average Bonchev–Trinajstić information content (AvgIpc) is 3.39. The molecule has 1 heterocycles. The molecule has 1 aliphatic heterocycles. The van der Waals surface area contributed by atoms with E-state index in [1.807, 2.05) is 30.3 Å². The number of benzene rings is 2. The van der Waals surface area contributed by atoms with Gasteiger partial charge in [-0.1, -0.05) is 39.0 Å². The number of nitrogens with zero attached hydrogens (tertiary/aromatic N) is 1. The van der Waals surface area contributed by atoms with Gasteiger partial charge in [0.25, 0.3) is 5.91 Å². The van der Waals surface area contributed by atoms with Crippen LogP contribution in [0.15, 0.2) is 42.5 Å². The number of carbonyl (C=O) groups is 1. The minimum Gasteiger partial charge on any atom is -0.508 e. The van der Waals surface area contributed by atoms with E-state index in [2.05, 4.69) is 69.3 Å². The first kappa shape index (κ1) is 32.3. The highest BCUT2D eigenvalue weighted by Crippen LogP contribution is 2.40. The number of likely N-dealkylation sites (tertiary alicyclic amines) is 1. The van der Waals surface area contributed by atoms with Gasteiger partial charge in [0.2, 0.25) is 0 Å². The minimum atomic E-state index is -2.11. The van der Waals surface area contributed by atoms with Crippen LogP contribution in [0.1, 0.15) is 80.6 Å². The van der Waals surface area contributed by atoms with E-state index < -0.39 is 8.32 Å². The quantitative estimate of drug-likeness (QED) is 0.242. The fraction of sp³-hybridized carbons (Fsp3) is 0.594. The summed E-state index contributed by atoms with van der Waals surface area (Å²) in [5.74, 6) is 0.0623. The maximum absolute atomic E-state index is 12.8. The third-order valence-corrected chi connectivity index (χ3v) is 12.9. The zero-order valence-corrected chi connectivity index (χ0v) is 26.6. The predicted molar refractivity (Wildman–Crippen MR) is 165 cm³/mol. The molecule has 8 heteroatoms. The van der Waals surface area contributed by atoms with Crippen molar-refractivity contribution in [2.45, 2.75) is 90.3 Å². The lowest BCUT2D eigenvalue weighted by molar-refractivity contribution is 0.0949. The summed E-state index contributed by atoms with van der Waals surface area (Å²) in [4.78, 5) is 15.2. The molecule has 0 unspecified atom stereocenters. The van der Waals surface area contributed by atoms with Crippen LogP contribution in [0, 0.1) is 0 Å². The molecule has 0 aliphatic carbocycles. The highest BCUT2D eigenvalue weighted by atomic mass is 28.4. The lowest BCUT2D eigenvalue weighted by atomic mass is 9.93. The molecule has 222 valence electrons. The number of aliphatic hydroxyl groups is 1. The van der Waals surface area contributed by atoms with E-state index in [9.17, 15) is 15.0 Å². The molecule has 0 aromatic heterocycles. The van der Waals surface area contributed by atoms with Gasteiger partial charge in [-0.15, -0.1) is 0 Å². The second kappa shape index (κ2) is 13.6. The number of aliphatic hydroxyl groups excluding tert-OH is 1. The predicted octanol–water partition coefficient (Wildman–Crippen LogP) is 5.38. The van der Waals surface area contributed by atoms with E-state index >= 15 is 0 Å². The normalized spacial score (nSPS) is 15.8. The SMILES string of the molecule is CC(C)(Cc1cccc(C(=O)NCCN2CCCC2)c1)NC[C@@H](O[Si](C)(C)C(C)(C)C)c1ccc(O)c(CO)c1. The maximum Gasteiger partial charge on any atom is 0.251 e. The molecule has 1 aliphatic rings. The first-order valence-corrected chi connectivity index (χ1v) is 17.6. The number of hydrogen-bond acceptors (Lipinski definition) is 6. The Bertz CT molecular complexity index is 1120. The maximum atomic E-state index is 12.8. The fourth-order valence-corrected chi connectivity index (χ4v) is 6.18. The number of rotatable bonds is 13. The second-order valence-corrected chi connectivity index (χ2v) is 18.1. The number of aromatic hydroxyl groups is 1. The Hall–Kier alpha value is -2.23. The van der Waals surface area contributed by atoms with Crippen LogP contribution in [0.3, 0.4) is 0 Å². The van der Waals surface area contributed by atoms with Crippen molar-refractivity contribution < 1.29 is 19.4 Å². The monoisotopic (exact) mass is 569 g/mol. The van der Waals surface area contributed by atoms with Crippen molar-refractivity contribution in [1.29, 1.82) is 0 Å². The fourth-order valence-electron chi connectivity index (χ4n) is 4.89. The van der Waals surface area contributed by atoms with Crippen LogP contribution in [0.2, 0.25) is 18.1 Å². The largest absolute Gasteiger partial charge is 0.508 e. The van der Waals surface area contributed by atoms with Gasteiger partial charge in [0, 0.05) is 36.3 Å². The molecule has 2 aromatic carbocycles. The van der Waals surface area contributed by atoms with Crippen molar-refractivity contribution in [3.63, 3.8) is 0 Å². The molecule has 4 N–H and O–H groups in total. The van der Waals surface area contributed by atoms with Gasteiger partial charge in [-0.25, -0.2) is 0 Å². The molecule has 0 radical (unpaired) electrons. The summed E-state index contributed by atoms with van der Waals surface area (Å²) >= 11 is 0. The molecule has 0 saturated carbocycles. The van der Waals surface area contributed by atoms with Crippen LogP contribution >= 0.6 is 0 Å². The van der Waals surface area contributed by atoms with E-state index in [4.69, 9.17) is 4.43 Å². The molecule has 2 aromatic rings. The zero-order chi connectivity index (χ0) is 29.6. The summed E-state index contributed by atoms with van der Waals surface area (Å²) < 4.78 is 6.86. The molecule has 0 bridgehead atoms. The Morgan fingerprint density at radius 3 is 2.42 bits per heavy atom. The molecule has 3 rings (SSSR count). The van der Waals surface area contributed by atoms with Gasteiger partial charge in [-0.05, 0) is 99.7 Å². The Labute approximate surface area is 242 Å². The van der Waals surface area contributed by atoms with Crippen LogP contribution in [0.25, 0.3) is 0 Å². The Kier molecular flexibility index (Phi) is 11.0. The average molecular weight is 570 g/mol. The van der Waals surface area contributed by atoms with Crippen molar-refractivity contribution >= 4 is 14.2 Å². The van der Waals surface area contributed by atoms with Crippen molar-refractivity contribution in [2.75, 3.05) is 32.7 Å². The number of nitrogens with one attached hydrogen (secondary N) is 2. The van der Waals surface area contributed by atoms with Gasteiger partial charge in [0.15, 0.2) is 8.32 Å². The first-order chi connectivity index (χ1) is 18.7. The molecule has 40 heavy (non-hydrogen) atoms. The molecule has 1 saturated heterocycles. The first-order valence-electron chi connectivity index (χ1n) is 14.7. The van der Waals surface area contributed by atoms with Gasteiger partial charge < -0.3 is 30.2 Å². The van der Waals surface area contributed by atoms with Crippen LogP contribution in [-0.2, 0) is 17.5 Å². The summed E-state index contributed by atoms with van der Waals surface area (Å²) in [5, 5.41) is 26.7. The lowest BCUT2D eigenvalue weighted by Crippen LogP contribution is -2.47. The van der Waals surface area contributed by atoms with Gasteiger partial charge in [-0.2, -0.15) is 0 Å². The summed E-state index contributed by atoms with van der Waals surface area (Å²) in [7, 11) is -2.11. The highest BCUT2D eigenvalue weighted by Gasteiger charge is 2.39. The topological polar surface area (TPSA) is 94.1 Å². The lowest BCUT2D eigenvalue weighted by Gasteiger charge is -2.40. The summed E-state index contributed by atoms with van der Waals surface area (Å²) in [6.45, 7) is 19.6. The van der Waals surface area contributed by atoms with E-state index in [0.29, 0.717) is 24.2 Å². The van der Waals surface area contributed by atoms with Crippen LogP contribution in [0.4, 0.5) is 0 Å². The second-order valence-electron chi connectivity index (χ2n) is 13.4.